The quantitative estimate of drug-likeness (QED) is 0.693. The largest absolute Gasteiger partial charge is 0.295 e. The Labute approximate surface area is 156 Å². The molecular weight excluding hydrogens is 366 g/mol. The standard InChI is InChI=1S/C18H19N5O3S/c1-11(2)15-16(22-17-14(8-19)10-20-23(17)18(15)24)13-6-4-5-12(7-13)9-21-27(3,25)26/h4-7,10-11,20-21H,9H2,1-3H3. The number of aromatic nitrogens is 3. The minimum absolute atomic E-state index is 0.0939. The van der Waals surface area contributed by atoms with E-state index in [1.165, 1.54) is 10.7 Å². The topological polar surface area (TPSA) is 120 Å². The van der Waals surface area contributed by atoms with Crippen LogP contribution in [0.3, 0.4) is 0 Å². The molecule has 0 aliphatic heterocycles. The van der Waals surface area contributed by atoms with E-state index in [-0.39, 0.29) is 29.2 Å². The third kappa shape index (κ3) is 3.77. The fourth-order valence-electron chi connectivity index (χ4n) is 2.89. The van der Waals surface area contributed by atoms with E-state index in [9.17, 15) is 18.5 Å². The number of H-pyrrole nitrogens is 1. The van der Waals surface area contributed by atoms with Gasteiger partial charge in [0.2, 0.25) is 10.0 Å². The minimum Gasteiger partial charge on any atom is -0.295 e. The molecular formula is C18H19N5O3S. The van der Waals surface area contributed by atoms with Gasteiger partial charge in [0.05, 0.1) is 11.9 Å². The fourth-order valence-corrected chi connectivity index (χ4v) is 3.32. The van der Waals surface area contributed by atoms with Crippen molar-refractivity contribution in [3.8, 4) is 17.3 Å². The van der Waals surface area contributed by atoms with Gasteiger partial charge in [-0.05, 0) is 17.5 Å². The molecule has 2 aromatic heterocycles. The average Bonchev–Trinajstić information content (AvgIpc) is 3.02. The molecule has 0 bridgehead atoms. The third-order valence-corrected chi connectivity index (χ3v) is 4.80. The maximum Gasteiger partial charge on any atom is 0.276 e. The lowest BCUT2D eigenvalue weighted by Crippen LogP contribution is -2.23. The molecule has 8 nitrogen and oxygen atoms in total. The van der Waals surface area contributed by atoms with E-state index in [1.54, 1.807) is 18.2 Å². The van der Waals surface area contributed by atoms with E-state index in [4.69, 9.17) is 0 Å². The molecule has 1 aromatic carbocycles. The number of fused-ring (bicyclic) bond motifs is 1. The van der Waals surface area contributed by atoms with Crippen LogP contribution in [-0.2, 0) is 16.6 Å². The highest BCUT2D eigenvalue weighted by Gasteiger charge is 2.20. The molecule has 0 aliphatic carbocycles. The summed E-state index contributed by atoms with van der Waals surface area (Å²) < 4.78 is 26.4. The summed E-state index contributed by atoms with van der Waals surface area (Å²) in [5.74, 6) is -0.0939. The second-order valence-corrected chi connectivity index (χ2v) is 8.42. The Kier molecular flexibility index (Phi) is 4.87. The molecule has 0 radical (unpaired) electrons. The molecule has 2 heterocycles. The van der Waals surface area contributed by atoms with E-state index < -0.39 is 10.0 Å². The number of aromatic amines is 1. The van der Waals surface area contributed by atoms with Crippen LogP contribution >= 0.6 is 0 Å². The number of nitrogens with one attached hydrogen (secondary N) is 2. The van der Waals surface area contributed by atoms with E-state index in [0.29, 0.717) is 16.8 Å². The molecule has 3 aromatic rings. The van der Waals surface area contributed by atoms with Crippen LogP contribution in [0.25, 0.3) is 16.9 Å². The average molecular weight is 385 g/mol. The number of benzene rings is 1. The second kappa shape index (κ2) is 6.98. The maximum atomic E-state index is 12.9. The zero-order valence-electron chi connectivity index (χ0n) is 15.1. The Morgan fingerprint density at radius 3 is 2.74 bits per heavy atom. The first kappa shape index (κ1) is 18.8. The second-order valence-electron chi connectivity index (χ2n) is 6.59. The summed E-state index contributed by atoms with van der Waals surface area (Å²) in [5, 5.41) is 12.0. The highest BCUT2D eigenvalue weighted by Crippen LogP contribution is 2.26. The molecule has 27 heavy (non-hydrogen) atoms. The molecule has 0 unspecified atom stereocenters. The minimum atomic E-state index is -3.32. The molecule has 0 saturated heterocycles. The summed E-state index contributed by atoms with van der Waals surface area (Å²) in [6.07, 6.45) is 2.55. The fraction of sp³-hybridized carbons (Fsp3) is 0.278. The molecule has 0 aliphatic rings. The number of nitrogens with zero attached hydrogens (tertiary/aromatic N) is 3. The SMILES string of the molecule is CC(C)c1c(-c2cccc(CNS(C)(=O)=O)c2)nc2c(C#N)c[nH]n2c1=O. The van der Waals surface area contributed by atoms with Gasteiger partial charge in [-0.3, -0.25) is 9.89 Å². The smallest absolute Gasteiger partial charge is 0.276 e. The Morgan fingerprint density at radius 2 is 2.11 bits per heavy atom. The molecule has 0 atom stereocenters. The monoisotopic (exact) mass is 385 g/mol. The zero-order valence-corrected chi connectivity index (χ0v) is 16.0. The van der Waals surface area contributed by atoms with Gasteiger partial charge in [0.15, 0.2) is 5.65 Å². The molecule has 0 amide bonds. The Morgan fingerprint density at radius 1 is 1.37 bits per heavy atom. The van der Waals surface area contributed by atoms with E-state index in [1.807, 2.05) is 26.0 Å². The first-order valence-electron chi connectivity index (χ1n) is 8.29. The van der Waals surface area contributed by atoms with Crippen LogP contribution < -0.4 is 10.3 Å². The first-order valence-corrected chi connectivity index (χ1v) is 10.2. The van der Waals surface area contributed by atoms with Crippen LogP contribution in [0.4, 0.5) is 0 Å². The van der Waals surface area contributed by atoms with Gasteiger partial charge in [-0.1, -0.05) is 32.0 Å². The first-order chi connectivity index (χ1) is 12.7. The van der Waals surface area contributed by atoms with Crippen molar-refractivity contribution in [2.75, 3.05) is 6.26 Å². The van der Waals surface area contributed by atoms with Crippen LogP contribution in [0.1, 0.15) is 36.5 Å². The van der Waals surface area contributed by atoms with Gasteiger partial charge in [-0.25, -0.2) is 22.6 Å². The van der Waals surface area contributed by atoms with Gasteiger partial charge in [0.1, 0.15) is 11.6 Å². The van der Waals surface area contributed by atoms with Gasteiger partial charge in [0.25, 0.3) is 5.56 Å². The van der Waals surface area contributed by atoms with Crippen molar-refractivity contribution in [3.63, 3.8) is 0 Å². The van der Waals surface area contributed by atoms with Gasteiger partial charge in [-0.2, -0.15) is 5.26 Å². The lowest BCUT2D eigenvalue weighted by Gasteiger charge is -2.13. The van der Waals surface area contributed by atoms with Crippen molar-refractivity contribution in [1.29, 1.82) is 5.26 Å². The highest BCUT2D eigenvalue weighted by molar-refractivity contribution is 7.88. The molecule has 0 saturated carbocycles. The van der Waals surface area contributed by atoms with Gasteiger partial charge < -0.3 is 0 Å². The van der Waals surface area contributed by atoms with Crippen LogP contribution in [-0.4, -0.2) is 29.3 Å². The van der Waals surface area contributed by atoms with Crippen molar-refractivity contribution in [1.82, 2.24) is 19.3 Å². The third-order valence-electron chi connectivity index (χ3n) is 4.13. The lowest BCUT2D eigenvalue weighted by molar-refractivity contribution is 0.587. The summed E-state index contributed by atoms with van der Waals surface area (Å²) in [6.45, 7) is 3.94. The predicted octanol–water partition coefficient (Wildman–Crippen LogP) is 1.73. The zero-order chi connectivity index (χ0) is 19.8. The van der Waals surface area contributed by atoms with Crippen molar-refractivity contribution in [2.24, 2.45) is 0 Å². The van der Waals surface area contributed by atoms with E-state index in [0.717, 1.165) is 11.8 Å². The number of hydrogen-bond donors (Lipinski definition) is 2. The Hall–Kier alpha value is -2.96. The molecule has 140 valence electrons. The summed E-state index contributed by atoms with van der Waals surface area (Å²) in [6, 6.07) is 9.20. The summed E-state index contributed by atoms with van der Waals surface area (Å²) in [7, 11) is -3.32. The van der Waals surface area contributed by atoms with Crippen molar-refractivity contribution >= 4 is 15.7 Å². The molecule has 0 spiro atoms. The Bertz CT molecular complexity index is 1220. The summed E-state index contributed by atoms with van der Waals surface area (Å²) >= 11 is 0. The van der Waals surface area contributed by atoms with Crippen molar-refractivity contribution in [2.45, 2.75) is 26.3 Å². The summed E-state index contributed by atoms with van der Waals surface area (Å²) in [5.41, 5.74) is 2.73. The summed E-state index contributed by atoms with van der Waals surface area (Å²) in [4.78, 5) is 17.5. The van der Waals surface area contributed by atoms with E-state index in [2.05, 4.69) is 14.8 Å². The van der Waals surface area contributed by atoms with Crippen molar-refractivity contribution < 1.29 is 8.42 Å². The molecule has 9 heteroatoms. The predicted molar refractivity (Wildman–Crippen MR) is 102 cm³/mol. The molecule has 3 rings (SSSR count). The van der Waals surface area contributed by atoms with Crippen LogP contribution in [0, 0.1) is 11.3 Å². The van der Waals surface area contributed by atoms with Gasteiger partial charge in [0, 0.05) is 23.9 Å². The lowest BCUT2D eigenvalue weighted by atomic mass is 9.97. The number of nitriles is 1. The number of sulfonamides is 1. The molecule has 2 N–H and O–H groups in total. The molecule has 0 fully saturated rings. The Balaban J connectivity index is 2.20. The number of rotatable bonds is 5. The van der Waals surface area contributed by atoms with Crippen LogP contribution in [0.15, 0.2) is 35.3 Å². The maximum absolute atomic E-state index is 12.9. The van der Waals surface area contributed by atoms with Crippen LogP contribution in [0.5, 0.6) is 0 Å². The number of hydrogen-bond acceptors (Lipinski definition) is 5. The van der Waals surface area contributed by atoms with Crippen molar-refractivity contribution in [3.05, 3.63) is 57.5 Å². The van der Waals surface area contributed by atoms with Gasteiger partial charge >= 0.3 is 0 Å². The van der Waals surface area contributed by atoms with Crippen LogP contribution in [0.2, 0.25) is 0 Å². The normalized spacial score (nSPS) is 11.8. The highest BCUT2D eigenvalue weighted by atomic mass is 32.2. The van der Waals surface area contributed by atoms with E-state index >= 15 is 0 Å². The van der Waals surface area contributed by atoms with Gasteiger partial charge in [-0.15, -0.1) is 0 Å².